The first-order chi connectivity index (χ1) is 11.2. The van der Waals surface area contributed by atoms with E-state index >= 15 is 0 Å². The van der Waals surface area contributed by atoms with Crippen LogP contribution >= 0.6 is 0 Å². The molecule has 0 aromatic heterocycles. The summed E-state index contributed by atoms with van der Waals surface area (Å²) in [4.78, 5) is 25.7. The minimum atomic E-state index is -1.06. The highest BCUT2D eigenvalue weighted by atomic mass is 16.6. The van der Waals surface area contributed by atoms with Crippen LogP contribution in [-0.2, 0) is 11.3 Å². The molecule has 0 saturated carbocycles. The topological polar surface area (TPSA) is 82.4 Å². The molecule has 1 N–H and O–H groups in total. The van der Waals surface area contributed by atoms with Crippen molar-refractivity contribution in [3.8, 4) is 6.07 Å². The Labute approximate surface area is 143 Å². The molecule has 0 atom stereocenters. The lowest BCUT2D eigenvalue weighted by atomic mass is 10.1. The van der Waals surface area contributed by atoms with Crippen LogP contribution < -0.4 is 5.32 Å². The normalized spacial score (nSPS) is 10.8. The molecule has 0 spiro atoms. The molecule has 0 aliphatic rings. The molecule has 3 amide bonds. The fraction of sp³-hybridized carbons (Fsp3) is 0.500. The van der Waals surface area contributed by atoms with Gasteiger partial charge in [-0.15, -0.1) is 0 Å². The van der Waals surface area contributed by atoms with Crippen molar-refractivity contribution >= 4 is 12.1 Å². The van der Waals surface area contributed by atoms with E-state index in [1.54, 1.807) is 13.8 Å². The lowest BCUT2D eigenvalue weighted by Crippen LogP contribution is -2.51. The molecular weight excluding hydrogens is 306 g/mol. The molecular formula is C18H25N3O3. The molecule has 0 aliphatic carbocycles. The summed E-state index contributed by atoms with van der Waals surface area (Å²) in [7, 11) is 0. The quantitative estimate of drug-likeness (QED) is 0.862. The van der Waals surface area contributed by atoms with Crippen LogP contribution in [0.2, 0.25) is 0 Å². The molecule has 130 valence electrons. The summed E-state index contributed by atoms with van der Waals surface area (Å²) >= 11 is 0. The van der Waals surface area contributed by atoms with E-state index in [4.69, 9.17) is 10.00 Å². The number of hydrogen-bond donors (Lipinski definition) is 1. The molecule has 6 nitrogen and oxygen atoms in total. The highest BCUT2D eigenvalue weighted by Gasteiger charge is 2.28. The van der Waals surface area contributed by atoms with E-state index in [0.29, 0.717) is 12.3 Å². The second-order valence-electron chi connectivity index (χ2n) is 6.54. The second-order valence-corrected chi connectivity index (χ2v) is 6.54. The first kappa shape index (κ1) is 19.5. The number of rotatable bonds is 6. The number of nitrogens with one attached hydrogen (secondary N) is 1. The Balaban J connectivity index is 2.74. The summed E-state index contributed by atoms with van der Waals surface area (Å²) in [6, 6.07) is 10.6. The van der Waals surface area contributed by atoms with Gasteiger partial charge < -0.3 is 10.1 Å². The molecule has 6 heteroatoms. The van der Waals surface area contributed by atoms with Crippen molar-refractivity contribution in [3.63, 3.8) is 0 Å². The SMILES string of the molecule is CC(C)CCN(C(=O)NC(C)(C)C#N)C(=O)OCc1ccccc1. The van der Waals surface area contributed by atoms with Gasteiger partial charge in [0.25, 0.3) is 0 Å². The number of benzene rings is 1. The van der Waals surface area contributed by atoms with E-state index in [1.807, 2.05) is 50.2 Å². The number of imide groups is 1. The van der Waals surface area contributed by atoms with Gasteiger partial charge in [0.2, 0.25) is 0 Å². The van der Waals surface area contributed by atoms with Crippen LogP contribution in [0.25, 0.3) is 0 Å². The summed E-state index contributed by atoms with van der Waals surface area (Å²) in [5, 5.41) is 11.6. The van der Waals surface area contributed by atoms with Gasteiger partial charge in [0.05, 0.1) is 6.07 Å². The largest absolute Gasteiger partial charge is 0.444 e. The molecule has 0 fully saturated rings. The van der Waals surface area contributed by atoms with Crippen LogP contribution in [0, 0.1) is 17.2 Å². The lowest BCUT2D eigenvalue weighted by molar-refractivity contribution is 0.101. The molecule has 0 radical (unpaired) electrons. The Morgan fingerprint density at radius 1 is 1.29 bits per heavy atom. The van der Waals surface area contributed by atoms with Crippen LogP contribution in [-0.4, -0.2) is 29.1 Å². The monoisotopic (exact) mass is 331 g/mol. The maximum Gasteiger partial charge on any atom is 0.418 e. The fourth-order valence-electron chi connectivity index (χ4n) is 1.82. The third-order valence-corrected chi connectivity index (χ3v) is 3.30. The molecule has 1 rings (SSSR count). The molecule has 0 saturated heterocycles. The minimum Gasteiger partial charge on any atom is -0.444 e. The predicted molar refractivity (Wildman–Crippen MR) is 91.0 cm³/mol. The smallest absolute Gasteiger partial charge is 0.418 e. The highest BCUT2D eigenvalue weighted by molar-refractivity contribution is 5.91. The van der Waals surface area contributed by atoms with E-state index < -0.39 is 17.7 Å². The molecule has 0 heterocycles. The van der Waals surface area contributed by atoms with E-state index in [0.717, 1.165) is 10.5 Å². The maximum absolute atomic E-state index is 12.3. The Bertz CT molecular complexity index is 591. The van der Waals surface area contributed by atoms with Crippen molar-refractivity contribution < 1.29 is 14.3 Å². The van der Waals surface area contributed by atoms with Crippen molar-refractivity contribution in [1.82, 2.24) is 10.2 Å². The van der Waals surface area contributed by atoms with E-state index in [9.17, 15) is 9.59 Å². The Morgan fingerprint density at radius 3 is 2.46 bits per heavy atom. The molecule has 0 aliphatic heterocycles. The number of urea groups is 1. The first-order valence-corrected chi connectivity index (χ1v) is 7.97. The van der Waals surface area contributed by atoms with Crippen LogP contribution in [0.4, 0.5) is 9.59 Å². The molecule has 0 unspecified atom stereocenters. The highest BCUT2D eigenvalue weighted by Crippen LogP contribution is 2.09. The van der Waals surface area contributed by atoms with Crippen molar-refractivity contribution in [2.75, 3.05) is 6.54 Å². The van der Waals surface area contributed by atoms with Crippen molar-refractivity contribution in [2.45, 2.75) is 46.3 Å². The first-order valence-electron chi connectivity index (χ1n) is 7.97. The number of nitrogens with zero attached hydrogens (tertiary/aromatic N) is 2. The van der Waals surface area contributed by atoms with Crippen molar-refractivity contribution in [3.05, 3.63) is 35.9 Å². The summed E-state index contributed by atoms with van der Waals surface area (Å²) in [5.74, 6) is 0.325. The van der Waals surface area contributed by atoms with E-state index in [-0.39, 0.29) is 13.2 Å². The molecule has 24 heavy (non-hydrogen) atoms. The Kier molecular flexibility index (Phi) is 7.25. The van der Waals surface area contributed by atoms with Gasteiger partial charge >= 0.3 is 12.1 Å². The van der Waals surface area contributed by atoms with Gasteiger partial charge in [0.15, 0.2) is 0 Å². The average Bonchev–Trinajstić information content (AvgIpc) is 2.53. The van der Waals surface area contributed by atoms with Crippen LogP contribution in [0.15, 0.2) is 30.3 Å². The lowest BCUT2D eigenvalue weighted by Gasteiger charge is -2.25. The molecule has 0 bridgehead atoms. The predicted octanol–water partition coefficient (Wildman–Crippen LogP) is 3.68. The van der Waals surface area contributed by atoms with Gasteiger partial charge in [-0.25, -0.2) is 14.5 Å². The summed E-state index contributed by atoms with van der Waals surface area (Å²) in [5.41, 5.74) is -0.222. The summed E-state index contributed by atoms with van der Waals surface area (Å²) < 4.78 is 5.24. The van der Waals surface area contributed by atoms with E-state index in [2.05, 4.69) is 5.32 Å². The number of amides is 3. The second kappa shape index (κ2) is 8.92. The number of ether oxygens (including phenoxy) is 1. The number of carbonyl (C=O) groups excluding carboxylic acids is 2. The van der Waals surface area contributed by atoms with Gasteiger partial charge in [-0.2, -0.15) is 5.26 Å². The van der Waals surface area contributed by atoms with Crippen molar-refractivity contribution in [1.29, 1.82) is 5.26 Å². The standard InChI is InChI=1S/C18H25N3O3/c1-14(2)10-11-21(16(22)20-18(3,4)13-19)17(23)24-12-15-8-6-5-7-9-15/h5-9,14H,10-12H2,1-4H3,(H,20,22). The Morgan fingerprint density at radius 2 is 1.92 bits per heavy atom. The van der Waals surface area contributed by atoms with Gasteiger partial charge in [0, 0.05) is 6.54 Å². The minimum absolute atomic E-state index is 0.0901. The average molecular weight is 331 g/mol. The maximum atomic E-state index is 12.3. The molecule has 1 aromatic carbocycles. The van der Waals surface area contributed by atoms with Crippen LogP contribution in [0.1, 0.15) is 39.7 Å². The number of hydrogen-bond acceptors (Lipinski definition) is 4. The fourth-order valence-corrected chi connectivity index (χ4v) is 1.82. The van der Waals surface area contributed by atoms with Crippen LogP contribution in [0.5, 0.6) is 0 Å². The zero-order chi connectivity index (χ0) is 18.2. The van der Waals surface area contributed by atoms with Gasteiger partial charge in [0.1, 0.15) is 12.1 Å². The third kappa shape index (κ3) is 6.69. The van der Waals surface area contributed by atoms with Crippen molar-refractivity contribution in [2.24, 2.45) is 5.92 Å². The Hall–Kier alpha value is -2.55. The zero-order valence-electron chi connectivity index (χ0n) is 14.7. The van der Waals surface area contributed by atoms with Crippen LogP contribution in [0.3, 0.4) is 0 Å². The van der Waals surface area contributed by atoms with Gasteiger partial charge in [-0.1, -0.05) is 44.2 Å². The summed E-state index contributed by atoms with van der Waals surface area (Å²) in [6.07, 6.45) is -0.0633. The number of carbonyl (C=O) groups is 2. The van der Waals surface area contributed by atoms with Gasteiger partial charge in [-0.05, 0) is 31.7 Å². The zero-order valence-corrected chi connectivity index (χ0v) is 14.7. The summed E-state index contributed by atoms with van der Waals surface area (Å²) in [6.45, 7) is 7.47. The molecule has 1 aromatic rings. The van der Waals surface area contributed by atoms with Gasteiger partial charge in [-0.3, -0.25) is 0 Å². The third-order valence-electron chi connectivity index (χ3n) is 3.30. The van der Waals surface area contributed by atoms with E-state index in [1.165, 1.54) is 0 Å². The number of nitriles is 1.